The van der Waals surface area contributed by atoms with E-state index in [9.17, 15) is 9.59 Å². The first-order chi connectivity index (χ1) is 14.4. The van der Waals surface area contributed by atoms with E-state index < -0.39 is 0 Å². The molecule has 156 valence electrons. The van der Waals surface area contributed by atoms with E-state index in [1.54, 1.807) is 13.0 Å². The molecular formula is C23H24N2O5. The second-order valence-electron chi connectivity index (χ2n) is 6.85. The van der Waals surface area contributed by atoms with E-state index in [2.05, 4.69) is 10.5 Å². The van der Waals surface area contributed by atoms with E-state index in [0.717, 1.165) is 22.1 Å². The van der Waals surface area contributed by atoms with Crippen LogP contribution in [-0.2, 0) is 16.2 Å². The molecule has 0 saturated carbocycles. The molecule has 0 spiro atoms. The molecule has 0 saturated heterocycles. The van der Waals surface area contributed by atoms with Crippen LogP contribution in [0.2, 0.25) is 0 Å². The standard InChI is InChI=1S/C23H24N2O5/c1-13-14(2)23(27)30-21-15(3)19(11-10-17(13)21)29-12-16-8-6-7-9-18(16)20(25-28-5)22(26)24-4/h6-11H,12H2,1-5H3,(H,24,26)/b25-20+. The number of carbonyl (C=O) groups is 1. The lowest BCUT2D eigenvalue weighted by molar-refractivity contribution is -0.114. The number of ether oxygens (including phenoxy) is 1. The number of oxime groups is 1. The minimum Gasteiger partial charge on any atom is -0.488 e. The molecule has 0 fully saturated rings. The van der Waals surface area contributed by atoms with Crippen molar-refractivity contribution < 1.29 is 18.8 Å². The predicted octanol–water partition coefficient (Wildman–Crippen LogP) is 3.39. The Morgan fingerprint density at radius 3 is 2.50 bits per heavy atom. The van der Waals surface area contributed by atoms with Crippen LogP contribution in [0.25, 0.3) is 11.0 Å². The fourth-order valence-corrected chi connectivity index (χ4v) is 3.24. The monoisotopic (exact) mass is 408 g/mol. The van der Waals surface area contributed by atoms with Crippen molar-refractivity contribution in [2.75, 3.05) is 14.2 Å². The number of nitrogens with one attached hydrogen (secondary N) is 1. The summed E-state index contributed by atoms with van der Waals surface area (Å²) in [4.78, 5) is 29.2. The number of rotatable bonds is 6. The molecule has 1 amide bonds. The fraction of sp³-hybridized carbons (Fsp3) is 0.261. The molecule has 3 rings (SSSR count). The van der Waals surface area contributed by atoms with Crippen LogP contribution in [0.4, 0.5) is 0 Å². The van der Waals surface area contributed by atoms with Crippen molar-refractivity contribution in [2.24, 2.45) is 5.16 Å². The minimum atomic E-state index is -0.362. The van der Waals surface area contributed by atoms with Crippen LogP contribution in [0.5, 0.6) is 5.75 Å². The van der Waals surface area contributed by atoms with Gasteiger partial charge in [-0.3, -0.25) is 4.79 Å². The second kappa shape index (κ2) is 8.82. The first-order valence-electron chi connectivity index (χ1n) is 9.47. The fourth-order valence-electron chi connectivity index (χ4n) is 3.24. The Balaban J connectivity index is 1.97. The van der Waals surface area contributed by atoms with Crippen molar-refractivity contribution in [1.82, 2.24) is 5.32 Å². The van der Waals surface area contributed by atoms with E-state index in [-0.39, 0.29) is 23.9 Å². The van der Waals surface area contributed by atoms with Gasteiger partial charge in [0.25, 0.3) is 5.91 Å². The Morgan fingerprint density at radius 2 is 1.80 bits per heavy atom. The topological polar surface area (TPSA) is 90.1 Å². The average molecular weight is 408 g/mol. The highest BCUT2D eigenvalue weighted by molar-refractivity contribution is 6.45. The Morgan fingerprint density at radius 1 is 1.07 bits per heavy atom. The van der Waals surface area contributed by atoms with Crippen molar-refractivity contribution >= 4 is 22.6 Å². The molecule has 30 heavy (non-hydrogen) atoms. The van der Waals surface area contributed by atoms with E-state index >= 15 is 0 Å². The summed E-state index contributed by atoms with van der Waals surface area (Å²) < 4.78 is 11.5. The largest absolute Gasteiger partial charge is 0.488 e. The SMILES string of the molecule is CNC(=O)/C(=N/OC)c1ccccc1COc1ccc2c(C)c(C)c(=O)oc2c1C. The number of amides is 1. The zero-order valence-electron chi connectivity index (χ0n) is 17.7. The van der Waals surface area contributed by atoms with Gasteiger partial charge in [0, 0.05) is 29.1 Å². The molecule has 0 radical (unpaired) electrons. The highest BCUT2D eigenvalue weighted by Gasteiger charge is 2.18. The number of benzene rings is 2. The van der Waals surface area contributed by atoms with Crippen LogP contribution in [0.15, 0.2) is 50.8 Å². The Labute approximate surface area is 174 Å². The third-order valence-corrected chi connectivity index (χ3v) is 5.10. The molecule has 1 aromatic heterocycles. The molecule has 0 unspecified atom stereocenters. The molecule has 0 aliphatic carbocycles. The zero-order valence-corrected chi connectivity index (χ0v) is 17.7. The number of hydrogen-bond donors (Lipinski definition) is 1. The summed E-state index contributed by atoms with van der Waals surface area (Å²) in [6.07, 6.45) is 0. The molecular weight excluding hydrogens is 384 g/mol. The second-order valence-corrected chi connectivity index (χ2v) is 6.85. The van der Waals surface area contributed by atoms with Crippen molar-refractivity contribution in [3.8, 4) is 5.75 Å². The normalized spacial score (nSPS) is 11.4. The van der Waals surface area contributed by atoms with Crippen LogP contribution in [-0.4, -0.2) is 25.8 Å². The summed E-state index contributed by atoms with van der Waals surface area (Å²) in [6.45, 7) is 5.70. The molecule has 1 heterocycles. The van der Waals surface area contributed by atoms with Gasteiger partial charge in [-0.2, -0.15) is 0 Å². The van der Waals surface area contributed by atoms with Gasteiger partial charge in [0.2, 0.25) is 0 Å². The molecule has 3 aromatic rings. The number of fused-ring (bicyclic) bond motifs is 1. The summed E-state index contributed by atoms with van der Waals surface area (Å²) in [5.41, 5.74) is 3.93. The number of hydrogen-bond acceptors (Lipinski definition) is 6. The highest BCUT2D eigenvalue weighted by atomic mass is 16.6. The molecule has 7 heteroatoms. The summed E-state index contributed by atoms with van der Waals surface area (Å²) in [7, 11) is 2.92. The summed E-state index contributed by atoms with van der Waals surface area (Å²) in [6, 6.07) is 11.0. The van der Waals surface area contributed by atoms with Gasteiger partial charge in [-0.1, -0.05) is 29.4 Å². The maximum absolute atomic E-state index is 12.2. The Bertz CT molecular complexity index is 1190. The number of nitrogens with zero attached hydrogens (tertiary/aromatic N) is 1. The first-order valence-corrected chi connectivity index (χ1v) is 9.47. The lowest BCUT2D eigenvalue weighted by Crippen LogP contribution is -2.29. The predicted molar refractivity (Wildman–Crippen MR) is 115 cm³/mol. The summed E-state index contributed by atoms with van der Waals surface area (Å²) in [5, 5.41) is 7.31. The lowest BCUT2D eigenvalue weighted by Gasteiger charge is -2.14. The molecule has 0 aliphatic heterocycles. The van der Waals surface area contributed by atoms with Gasteiger partial charge in [0.15, 0.2) is 5.71 Å². The Kier molecular flexibility index (Phi) is 6.20. The smallest absolute Gasteiger partial charge is 0.339 e. The van der Waals surface area contributed by atoms with Gasteiger partial charge in [-0.25, -0.2) is 4.79 Å². The van der Waals surface area contributed by atoms with Crippen molar-refractivity contribution in [2.45, 2.75) is 27.4 Å². The minimum absolute atomic E-state index is 0.159. The van der Waals surface area contributed by atoms with E-state index in [4.69, 9.17) is 14.0 Å². The average Bonchev–Trinajstić information content (AvgIpc) is 2.76. The maximum atomic E-state index is 12.2. The third kappa shape index (κ3) is 3.91. The quantitative estimate of drug-likeness (QED) is 0.384. The number of aryl methyl sites for hydroxylation is 2. The molecule has 0 atom stereocenters. The molecule has 0 bridgehead atoms. The lowest BCUT2D eigenvalue weighted by atomic mass is 10.0. The van der Waals surface area contributed by atoms with Gasteiger partial charge >= 0.3 is 5.63 Å². The van der Waals surface area contributed by atoms with Crippen LogP contribution >= 0.6 is 0 Å². The highest BCUT2D eigenvalue weighted by Crippen LogP contribution is 2.30. The van der Waals surface area contributed by atoms with Crippen LogP contribution in [0.3, 0.4) is 0 Å². The Hall–Kier alpha value is -3.61. The van der Waals surface area contributed by atoms with Crippen LogP contribution < -0.4 is 15.7 Å². The van der Waals surface area contributed by atoms with E-state index in [1.165, 1.54) is 14.2 Å². The van der Waals surface area contributed by atoms with Crippen molar-refractivity contribution in [3.63, 3.8) is 0 Å². The number of likely N-dealkylation sites (N-methyl/N-ethyl adjacent to an activating group) is 1. The van der Waals surface area contributed by atoms with Gasteiger partial charge in [0.05, 0.1) is 0 Å². The van der Waals surface area contributed by atoms with Gasteiger partial charge in [-0.05, 0) is 44.0 Å². The van der Waals surface area contributed by atoms with E-state index in [1.807, 2.05) is 44.2 Å². The first kappa shape index (κ1) is 21.1. The van der Waals surface area contributed by atoms with E-state index in [0.29, 0.717) is 22.5 Å². The van der Waals surface area contributed by atoms with Gasteiger partial charge in [-0.15, -0.1) is 0 Å². The van der Waals surface area contributed by atoms with Crippen molar-refractivity contribution in [1.29, 1.82) is 0 Å². The van der Waals surface area contributed by atoms with Crippen LogP contribution in [0, 0.1) is 20.8 Å². The molecule has 1 N–H and O–H groups in total. The van der Waals surface area contributed by atoms with Crippen LogP contribution in [0.1, 0.15) is 27.8 Å². The molecule has 7 nitrogen and oxygen atoms in total. The van der Waals surface area contributed by atoms with Crippen molar-refractivity contribution in [3.05, 3.63) is 74.6 Å². The summed E-state index contributed by atoms with van der Waals surface area (Å²) in [5.74, 6) is 0.229. The zero-order chi connectivity index (χ0) is 21.8. The van der Waals surface area contributed by atoms with Gasteiger partial charge in [0.1, 0.15) is 25.0 Å². The maximum Gasteiger partial charge on any atom is 0.339 e. The van der Waals surface area contributed by atoms with Gasteiger partial charge < -0.3 is 19.3 Å². The number of carbonyl (C=O) groups excluding carboxylic acids is 1. The summed E-state index contributed by atoms with van der Waals surface area (Å²) >= 11 is 0. The third-order valence-electron chi connectivity index (χ3n) is 5.10. The molecule has 0 aliphatic rings. The molecule has 2 aromatic carbocycles.